The summed E-state index contributed by atoms with van der Waals surface area (Å²) in [7, 11) is 0. The Bertz CT molecular complexity index is 375. The van der Waals surface area contributed by atoms with Crippen molar-refractivity contribution in [3.63, 3.8) is 0 Å². The molecule has 18 heavy (non-hydrogen) atoms. The van der Waals surface area contributed by atoms with E-state index < -0.39 is 0 Å². The van der Waals surface area contributed by atoms with Crippen LogP contribution in [0.15, 0.2) is 6.07 Å². The zero-order chi connectivity index (χ0) is 13.6. The number of hydrogen-bond donors (Lipinski definition) is 1. The molecule has 1 N–H and O–H groups in total. The number of aryl methyl sites for hydroxylation is 1. The molecule has 0 bridgehead atoms. The SMILES string of the molecule is CCNc1cc(C)nc(C(CC)(CC)OCC)n1. The van der Waals surface area contributed by atoms with Gasteiger partial charge in [-0.3, -0.25) is 0 Å². The van der Waals surface area contributed by atoms with E-state index in [2.05, 4.69) is 36.1 Å². The number of anilines is 1. The van der Waals surface area contributed by atoms with Crippen LogP contribution >= 0.6 is 0 Å². The highest BCUT2D eigenvalue weighted by Gasteiger charge is 2.32. The van der Waals surface area contributed by atoms with Gasteiger partial charge in [0.2, 0.25) is 0 Å². The van der Waals surface area contributed by atoms with E-state index in [9.17, 15) is 0 Å². The van der Waals surface area contributed by atoms with Crippen LogP contribution in [0.2, 0.25) is 0 Å². The van der Waals surface area contributed by atoms with Crippen LogP contribution < -0.4 is 5.32 Å². The lowest BCUT2D eigenvalue weighted by Crippen LogP contribution is -2.31. The average Bonchev–Trinajstić information content (AvgIpc) is 2.36. The van der Waals surface area contributed by atoms with Gasteiger partial charge in [-0.05, 0) is 33.6 Å². The number of ether oxygens (including phenoxy) is 1. The van der Waals surface area contributed by atoms with Crippen LogP contribution in [0.1, 0.15) is 52.1 Å². The zero-order valence-electron chi connectivity index (χ0n) is 12.2. The Labute approximate surface area is 110 Å². The first kappa shape index (κ1) is 14.9. The molecule has 1 aromatic rings. The second kappa shape index (κ2) is 6.69. The Hall–Kier alpha value is -1.16. The Morgan fingerprint density at radius 1 is 1.17 bits per heavy atom. The Balaban J connectivity index is 3.18. The number of hydrogen-bond acceptors (Lipinski definition) is 4. The number of nitrogens with zero attached hydrogens (tertiary/aromatic N) is 2. The number of rotatable bonds is 7. The van der Waals surface area contributed by atoms with E-state index in [0.29, 0.717) is 6.61 Å². The first-order valence-electron chi connectivity index (χ1n) is 6.85. The van der Waals surface area contributed by atoms with Gasteiger partial charge in [-0.25, -0.2) is 9.97 Å². The predicted molar refractivity (Wildman–Crippen MR) is 74.8 cm³/mol. The fourth-order valence-corrected chi connectivity index (χ4v) is 2.16. The maximum absolute atomic E-state index is 5.95. The van der Waals surface area contributed by atoms with Gasteiger partial charge < -0.3 is 10.1 Å². The largest absolute Gasteiger partial charge is 0.370 e. The van der Waals surface area contributed by atoms with E-state index in [0.717, 1.165) is 36.7 Å². The van der Waals surface area contributed by atoms with E-state index in [1.165, 1.54) is 0 Å². The lowest BCUT2D eigenvalue weighted by atomic mass is 9.95. The van der Waals surface area contributed by atoms with Gasteiger partial charge in [-0.1, -0.05) is 13.8 Å². The van der Waals surface area contributed by atoms with Gasteiger partial charge in [-0.15, -0.1) is 0 Å². The lowest BCUT2D eigenvalue weighted by molar-refractivity contribution is -0.0571. The summed E-state index contributed by atoms with van der Waals surface area (Å²) in [5.41, 5.74) is 0.618. The van der Waals surface area contributed by atoms with Gasteiger partial charge in [0, 0.05) is 24.9 Å². The summed E-state index contributed by atoms with van der Waals surface area (Å²) < 4.78 is 5.95. The van der Waals surface area contributed by atoms with Gasteiger partial charge in [0.25, 0.3) is 0 Å². The highest BCUT2D eigenvalue weighted by molar-refractivity contribution is 5.36. The third-order valence-electron chi connectivity index (χ3n) is 3.18. The molecule has 0 aliphatic carbocycles. The summed E-state index contributed by atoms with van der Waals surface area (Å²) in [6, 6.07) is 1.97. The van der Waals surface area contributed by atoms with Gasteiger partial charge >= 0.3 is 0 Å². The predicted octanol–water partition coefficient (Wildman–Crippen LogP) is 3.27. The van der Waals surface area contributed by atoms with Crippen molar-refractivity contribution in [1.82, 2.24) is 9.97 Å². The zero-order valence-corrected chi connectivity index (χ0v) is 12.2. The maximum atomic E-state index is 5.95. The van der Waals surface area contributed by atoms with E-state index in [4.69, 9.17) is 4.74 Å². The molecule has 0 unspecified atom stereocenters. The second-order valence-corrected chi connectivity index (χ2v) is 4.38. The van der Waals surface area contributed by atoms with Crippen molar-refractivity contribution in [1.29, 1.82) is 0 Å². The highest BCUT2D eigenvalue weighted by atomic mass is 16.5. The van der Waals surface area contributed by atoms with Crippen LogP contribution in [0.3, 0.4) is 0 Å². The Morgan fingerprint density at radius 2 is 1.83 bits per heavy atom. The first-order valence-corrected chi connectivity index (χ1v) is 6.85. The van der Waals surface area contributed by atoms with Crippen molar-refractivity contribution in [3.05, 3.63) is 17.6 Å². The first-order chi connectivity index (χ1) is 8.61. The van der Waals surface area contributed by atoms with Crippen molar-refractivity contribution >= 4 is 5.82 Å². The van der Waals surface area contributed by atoms with Crippen molar-refractivity contribution in [2.24, 2.45) is 0 Å². The number of nitrogens with one attached hydrogen (secondary N) is 1. The molecule has 0 atom stereocenters. The molecule has 0 aliphatic heterocycles. The van der Waals surface area contributed by atoms with Gasteiger partial charge in [-0.2, -0.15) is 0 Å². The van der Waals surface area contributed by atoms with E-state index >= 15 is 0 Å². The van der Waals surface area contributed by atoms with Crippen molar-refractivity contribution in [3.8, 4) is 0 Å². The number of aromatic nitrogens is 2. The highest BCUT2D eigenvalue weighted by Crippen LogP contribution is 2.31. The second-order valence-electron chi connectivity index (χ2n) is 4.38. The third-order valence-corrected chi connectivity index (χ3v) is 3.18. The molecule has 0 aliphatic rings. The summed E-state index contributed by atoms with van der Waals surface area (Å²) in [4.78, 5) is 9.18. The molecule has 1 heterocycles. The minimum absolute atomic E-state index is 0.356. The van der Waals surface area contributed by atoms with Crippen molar-refractivity contribution < 1.29 is 4.74 Å². The van der Waals surface area contributed by atoms with Crippen molar-refractivity contribution in [2.45, 2.75) is 53.1 Å². The molecular weight excluding hydrogens is 226 g/mol. The summed E-state index contributed by atoms with van der Waals surface area (Å²) in [5, 5.41) is 3.24. The summed E-state index contributed by atoms with van der Waals surface area (Å²) >= 11 is 0. The smallest absolute Gasteiger partial charge is 0.162 e. The van der Waals surface area contributed by atoms with E-state index in [-0.39, 0.29) is 5.60 Å². The fraction of sp³-hybridized carbons (Fsp3) is 0.714. The van der Waals surface area contributed by atoms with E-state index in [1.54, 1.807) is 0 Å². The van der Waals surface area contributed by atoms with Crippen molar-refractivity contribution in [2.75, 3.05) is 18.5 Å². The maximum Gasteiger partial charge on any atom is 0.162 e. The monoisotopic (exact) mass is 251 g/mol. The van der Waals surface area contributed by atoms with Gasteiger partial charge in [0.05, 0.1) is 0 Å². The molecular formula is C14H25N3O. The average molecular weight is 251 g/mol. The van der Waals surface area contributed by atoms with Crippen LogP contribution in [0.5, 0.6) is 0 Å². The van der Waals surface area contributed by atoms with Crippen LogP contribution in [0, 0.1) is 6.92 Å². The lowest BCUT2D eigenvalue weighted by Gasteiger charge is -2.30. The molecule has 0 fully saturated rings. The van der Waals surface area contributed by atoms with E-state index in [1.807, 2.05) is 19.9 Å². The van der Waals surface area contributed by atoms with Gasteiger partial charge in [0.1, 0.15) is 11.4 Å². The summed E-state index contributed by atoms with van der Waals surface area (Å²) in [6.07, 6.45) is 1.76. The molecule has 0 saturated heterocycles. The Morgan fingerprint density at radius 3 is 2.33 bits per heavy atom. The third kappa shape index (κ3) is 3.19. The molecule has 1 aromatic heterocycles. The quantitative estimate of drug-likeness (QED) is 0.808. The molecule has 1 rings (SSSR count). The molecule has 0 aromatic carbocycles. The molecule has 4 nitrogen and oxygen atoms in total. The van der Waals surface area contributed by atoms with Crippen LogP contribution in [-0.4, -0.2) is 23.1 Å². The Kier molecular flexibility index (Phi) is 5.54. The molecule has 0 saturated carbocycles. The van der Waals surface area contributed by atoms with Crippen LogP contribution in [0.4, 0.5) is 5.82 Å². The van der Waals surface area contributed by atoms with Crippen LogP contribution in [0.25, 0.3) is 0 Å². The minimum Gasteiger partial charge on any atom is -0.370 e. The minimum atomic E-state index is -0.356. The normalized spacial score (nSPS) is 11.6. The molecule has 4 heteroatoms. The molecule has 0 spiro atoms. The topological polar surface area (TPSA) is 47.0 Å². The van der Waals surface area contributed by atoms with Gasteiger partial charge in [0.15, 0.2) is 5.82 Å². The standard InChI is InChI=1S/C14H25N3O/c1-6-14(7-2,18-9-4)13-16-11(5)10-12(17-13)15-8-3/h10H,6-9H2,1-5H3,(H,15,16,17). The fourth-order valence-electron chi connectivity index (χ4n) is 2.16. The summed E-state index contributed by atoms with van der Waals surface area (Å²) in [6.45, 7) is 11.8. The van der Waals surface area contributed by atoms with Crippen LogP contribution in [-0.2, 0) is 10.3 Å². The molecule has 0 radical (unpaired) electrons. The molecule has 0 amide bonds. The summed E-state index contributed by atoms with van der Waals surface area (Å²) in [5.74, 6) is 1.68. The molecule has 102 valence electrons.